The molecule has 2 heterocycles. The van der Waals surface area contributed by atoms with E-state index in [1.54, 1.807) is 8.61 Å². The van der Waals surface area contributed by atoms with Crippen LogP contribution in [0.1, 0.15) is 12.8 Å². The number of aliphatic hydroxyl groups excluding tert-OH is 1. The molecular formula is C11H23N3O3S. The fraction of sp³-hybridized carbons (Fsp3) is 1.00. The molecule has 2 saturated heterocycles. The van der Waals surface area contributed by atoms with Gasteiger partial charge in [-0.3, -0.25) is 0 Å². The third-order valence-electron chi connectivity index (χ3n) is 3.85. The van der Waals surface area contributed by atoms with E-state index in [9.17, 15) is 13.5 Å². The summed E-state index contributed by atoms with van der Waals surface area (Å²) >= 11 is 0. The first-order valence-corrected chi connectivity index (χ1v) is 7.98. The van der Waals surface area contributed by atoms with E-state index in [-0.39, 0.29) is 12.5 Å². The van der Waals surface area contributed by atoms with E-state index < -0.39 is 10.2 Å². The van der Waals surface area contributed by atoms with Crippen molar-refractivity contribution in [2.75, 3.05) is 52.9 Å². The van der Waals surface area contributed by atoms with Crippen molar-refractivity contribution in [2.45, 2.75) is 12.8 Å². The van der Waals surface area contributed by atoms with Gasteiger partial charge < -0.3 is 10.0 Å². The van der Waals surface area contributed by atoms with Crippen LogP contribution in [0.3, 0.4) is 0 Å². The molecule has 0 aromatic carbocycles. The highest BCUT2D eigenvalue weighted by molar-refractivity contribution is 7.86. The number of piperazine rings is 1. The van der Waals surface area contributed by atoms with Gasteiger partial charge in [-0.1, -0.05) is 0 Å². The predicted octanol–water partition coefficient (Wildman–Crippen LogP) is -0.817. The topological polar surface area (TPSA) is 64.1 Å². The van der Waals surface area contributed by atoms with Gasteiger partial charge in [-0.15, -0.1) is 0 Å². The van der Waals surface area contributed by atoms with Crippen molar-refractivity contribution in [3.8, 4) is 0 Å². The summed E-state index contributed by atoms with van der Waals surface area (Å²) in [5.41, 5.74) is 0. The van der Waals surface area contributed by atoms with Crippen LogP contribution in [0, 0.1) is 5.92 Å². The minimum atomic E-state index is -3.32. The Kier molecular flexibility index (Phi) is 4.60. The smallest absolute Gasteiger partial charge is 0.282 e. The van der Waals surface area contributed by atoms with Gasteiger partial charge in [0.15, 0.2) is 0 Å². The molecule has 0 aromatic rings. The molecule has 1 atom stereocenters. The van der Waals surface area contributed by atoms with Crippen molar-refractivity contribution >= 4 is 10.2 Å². The summed E-state index contributed by atoms with van der Waals surface area (Å²) in [6.07, 6.45) is 1.77. The Bertz CT molecular complexity index is 366. The number of hydrogen-bond donors (Lipinski definition) is 1. The molecule has 1 N–H and O–H groups in total. The first-order valence-electron chi connectivity index (χ1n) is 6.58. The van der Waals surface area contributed by atoms with Crippen LogP contribution in [0.15, 0.2) is 0 Å². The number of likely N-dealkylation sites (N-methyl/N-ethyl adjacent to an activating group) is 1. The Labute approximate surface area is 109 Å². The lowest BCUT2D eigenvalue weighted by molar-refractivity contribution is 0.155. The number of nitrogens with zero attached hydrogens (tertiary/aromatic N) is 3. The van der Waals surface area contributed by atoms with Crippen LogP contribution in [0.4, 0.5) is 0 Å². The van der Waals surface area contributed by atoms with Gasteiger partial charge in [-0.2, -0.15) is 17.0 Å². The molecule has 2 aliphatic heterocycles. The number of hydrogen-bond acceptors (Lipinski definition) is 4. The molecule has 2 rings (SSSR count). The molecule has 6 nitrogen and oxygen atoms in total. The Morgan fingerprint density at radius 3 is 2.39 bits per heavy atom. The lowest BCUT2D eigenvalue weighted by atomic mass is 10.0. The molecule has 0 bridgehead atoms. The molecular weight excluding hydrogens is 254 g/mol. The third kappa shape index (κ3) is 3.03. The lowest BCUT2D eigenvalue weighted by Crippen LogP contribution is -2.54. The van der Waals surface area contributed by atoms with Crippen molar-refractivity contribution in [3.63, 3.8) is 0 Å². The lowest BCUT2D eigenvalue weighted by Gasteiger charge is -2.38. The molecule has 2 fully saturated rings. The first kappa shape index (κ1) is 14.2. The zero-order valence-corrected chi connectivity index (χ0v) is 11.8. The van der Waals surface area contributed by atoms with Crippen LogP contribution in [-0.2, 0) is 10.2 Å². The predicted molar refractivity (Wildman–Crippen MR) is 69.4 cm³/mol. The molecule has 0 aliphatic carbocycles. The highest BCUT2D eigenvalue weighted by Gasteiger charge is 2.34. The minimum Gasteiger partial charge on any atom is -0.396 e. The Morgan fingerprint density at radius 2 is 1.78 bits per heavy atom. The molecule has 2 aliphatic rings. The van der Waals surface area contributed by atoms with E-state index in [2.05, 4.69) is 4.90 Å². The molecule has 0 saturated carbocycles. The van der Waals surface area contributed by atoms with Crippen molar-refractivity contribution < 1.29 is 13.5 Å². The van der Waals surface area contributed by atoms with Crippen LogP contribution in [-0.4, -0.2) is 80.0 Å². The van der Waals surface area contributed by atoms with E-state index in [1.807, 2.05) is 7.05 Å². The summed E-state index contributed by atoms with van der Waals surface area (Å²) in [5.74, 6) is 0.0981. The maximum atomic E-state index is 12.5. The summed E-state index contributed by atoms with van der Waals surface area (Å²) < 4.78 is 28.0. The van der Waals surface area contributed by atoms with Gasteiger partial charge in [0.25, 0.3) is 10.2 Å². The Hall–Kier alpha value is -0.210. The SMILES string of the molecule is CN1CCN(S(=O)(=O)N2CCCC(CO)C2)CC1. The average molecular weight is 277 g/mol. The normalized spacial score (nSPS) is 29.6. The Balaban J connectivity index is 2.01. The maximum absolute atomic E-state index is 12.5. The van der Waals surface area contributed by atoms with Crippen LogP contribution >= 0.6 is 0 Å². The van der Waals surface area contributed by atoms with Crippen LogP contribution in [0.5, 0.6) is 0 Å². The van der Waals surface area contributed by atoms with Gasteiger partial charge in [0, 0.05) is 45.9 Å². The molecule has 0 radical (unpaired) electrons. The van der Waals surface area contributed by atoms with Crippen molar-refractivity contribution in [2.24, 2.45) is 5.92 Å². The fourth-order valence-electron chi connectivity index (χ4n) is 2.57. The molecule has 1 unspecified atom stereocenters. The van der Waals surface area contributed by atoms with Gasteiger partial charge in [0.05, 0.1) is 0 Å². The second-order valence-electron chi connectivity index (χ2n) is 5.26. The zero-order chi connectivity index (χ0) is 13.2. The van der Waals surface area contributed by atoms with Crippen molar-refractivity contribution in [1.29, 1.82) is 0 Å². The van der Waals surface area contributed by atoms with E-state index in [0.29, 0.717) is 26.2 Å². The highest BCUT2D eigenvalue weighted by atomic mass is 32.2. The first-order chi connectivity index (χ1) is 8.54. The number of piperidine rings is 1. The van der Waals surface area contributed by atoms with Gasteiger partial charge in [-0.05, 0) is 25.8 Å². The van der Waals surface area contributed by atoms with E-state index in [4.69, 9.17) is 0 Å². The van der Waals surface area contributed by atoms with Crippen LogP contribution in [0.2, 0.25) is 0 Å². The summed E-state index contributed by atoms with van der Waals surface area (Å²) in [5, 5.41) is 9.18. The fourth-order valence-corrected chi connectivity index (χ4v) is 4.28. The third-order valence-corrected chi connectivity index (χ3v) is 5.86. The average Bonchev–Trinajstić information content (AvgIpc) is 2.39. The van der Waals surface area contributed by atoms with Gasteiger partial charge >= 0.3 is 0 Å². The summed E-state index contributed by atoms with van der Waals surface area (Å²) in [7, 11) is -1.32. The summed E-state index contributed by atoms with van der Waals surface area (Å²) in [4.78, 5) is 2.14. The molecule has 0 amide bonds. The molecule has 18 heavy (non-hydrogen) atoms. The molecule has 7 heteroatoms. The summed E-state index contributed by atoms with van der Waals surface area (Å²) in [6.45, 7) is 3.84. The second-order valence-corrected chi connectivity index (χ2v) is 7.19. The van der Waals surface area contributed by atoms with E-state index >= 15 is 0 Å². The largest absolute Gasteiger partial charge is 0.396 e. The van der Waals surface area contributed by atoms with Gasteiger partial charge in [-0.25, -0.2) is 0 Å². The number of aliphatic hydroxyl groups is 1. The van der Waals surface area contributed by atoms with Crippen molar-refractivity contribution in [3.05, 3.63) is 0 Å². The highest BCUT2D eigenvalue weighted by Crippen LogP contribution is 2.21. The molecule has 0 spiro atoms. The van der Waals surface area contributed by atoms with Gasteiger partial charge in [0.1, 0.15) is 0 Å². The second kappa shape index (κ2) is 5.83. The van der Waals surface area contributed by atoms with Crippen LogP contribution < -0.4 is 0 Å². The standard InChI is InChI=1S/C11H23N3O3S/c1-12-5-7-13(8-6-12)18(16,17)14-4-2-3-11(9-14)10-15/h11,15H,2-10H2,1H3. The van der Waals surface area contributed by atoms with Gasteiger partial charge in [0.2, 0.25) is 0 Å². The summed E-state index contributed by atoms with van der Waals surface area (Å²) in [6, 6.07) is 0. The van der Waals surface area contributed by atoms with E-state index in [1.165, 1.54) is 0 Å². The Morgan fingerprint density at radius 1 is 1.11 bits per heavy atom. The number of rotatable bonds is 3. The zero-order valence-electron chi connectivity index (χ0n) is 11.0. The minimum absolute atomic E-state index is 0.0781. The quantitative estimate of drug-likeness (QED) is 0.732. The van der Waals surface area contributed by atoms with Crippen LogP contribution in [0.25, 0.3) is 0 Å². The molecule has 106 valence electrons. The maximum Gasteiger partial charge on any atom is 0.282 e. The monoisotopic (exact) mass is 277 g/mol. The van der Waals surface area contributed by atoms with Crippen molar-refractivity contribution in [1.82, 2.24) is 13.5 Å². The molecule has 0 aromatic heterocycles. The van der Waals surface area contributed by atoms with E-state index in [0.717, 1.165) is 25.9 Å².